The summed E-state index contributed by atoms with van der Waals surface area (Å²) in [6, 6.07) is 8.19. The zero-order valence-electron chi connectivity index (χ0n) is 18.7. The molecule has 7 heteroatoms. The Morgan fingerprint density at radius 2 is 2.10 bits per heavy atom. The second kappa shape index (κ2) is 9.78. The van der Waals surface area contributed by atoms with Gasteiger partial charge in [0.25, 0.3) is 0 Å². The Bertz CT molecular complexity index is 912. The number of guanidine groups is 1. The molecule has 0 spiro atoms. The number of benzene rings is 1. The number of anilines is 1. The van der Waals surface area contributed by atoms with Gasteiger partial charge in [-0.25, -0.2) is 0 Å². The largest absolute Gasteiger partial charge is 0.354 e. The predicted octanol–water partition coefficient (Wildman–Crippen LogP) is 3.07. The van der Waals surface area contributed by atoms with Crippen LogP contribution in [0.3, 0.4) is 0 Å². The summed E-state index contributed by atoms with van der Waals surface area (Å²) in [6.07, 6.45) is 4.05. The maximum Gasteiger partial charge on any atom is 0.227 e. The number of rotatable bonds is 7. The number of hydrogen-bond donors (Lipinski definition) is 3. The van der Waals surface area contributed by atoms with Crippen LogP contribution in [0.2, 0.25) is 0 Å². The van der Waals surface area contributed by atoms with Crippen molar-refractivity contribution in [1.82, 2.24) is 20.4 Å². The molecule has 1 amide bonds. The normalized spacial score (nSPS) is 15.4. The molecule has 2 aromatic rings. The van der Waals surface area contributed by atoms with Gasteiger partial charge in [0, 0.05) is 44.0 Å². The number of aromatic nitrogens is 2. The molecule has 1 atom stereocenters. The fraction of sp³-hybridized carbons (Fsp3) is 0.522. The molecule has 3 rings (SSSR count). The first kappa shape index (κ1) is 21.9. The van der Waals surface area contributed by atoms with E-state index in [1.165, 1.54) is 11.3 Å². The molecule has 7 nitrogen and oxygen atoms in total. The minimum absolute atomic E-state index is 0.138. The molecule has 30 heavy (non-hydrogen) atoms. The molecule has 0 bridgehead atoms. The molecular formula is C23H34N6O. The topological polar surface area (TPSA) is 83.3 Å². The van der Waals surface area contributed by atoms with Crippen molar-refractivity contribution in [1.29, 1.82) is 0 Å². The Labute approximate surface area is 179 Å². The molecule has 1 aliphatic rings. The van der Waals surface area contributed by atoms with Gasteiger partial charge in [-0.05, 0) is 63.3 Å². The van der Waals surface area contributed by atoms with Crippen molar-refractivity contribution in [3.8, 4) is 0 Å². The average Bonchev–Trinajstić information content (AvgIpc) is 2.90. The summed E-state index contributed by atoms with van der Waals surface area (Å²) in [5.41, 5.74) is 5.50. The maximum atomic E-state index is 12.2. The Hall–Kier alpha value is -2.83. The second-order valence-electron chi connectivity index (χ2n) is 8.27. The van der Waals surface area contributed by atoms with E-state index in [1.54, 1.807) is 7.05 Å². The molecular weight excluding hydrogens is 376 g/mol. The number of amides is 1. The molecule has 162 valence electrons. The Morgan fingerprint density at radius 1 is 1.33 bits per heavy atom. The highest BCUT2D eigenvalue weighted by molar-refractivity contribution is 5.93. The van der Waals surface area contributed by atoms with Crippen molar-refractivity contribution in [2.24, 2.45) is 18.0 Å². The van der Waals surface area contributed by atoms with Gasteiger partial charge in [-0.1, -0.05) is 18.6 Å². The zero-order chi connectivity index (χ0) is 21.7. The third kappa shape index (κ3) is 5.40. The van der Waals surface area contributed by atoms with Gasteiger partial charge >= 0.3 is 0 Å². The minimum Gasteiger partial charge on any atom is -0.354 e. The lowest BCUT2D eigenvalue weighted by Crippen LogP contribution is -2.42. The van der Waals surface area contributed by atoms with Crippen LogP contribution in [0.1, 0.15) is 48.7 Å². The molecule has 1 unspecified atom stereocenters. The standard InChI is InChI=1S/C23H34N6O/c1-15(12-21-16(2)28-29(5)17(21)3)26-23(24-4)25-14-18-8-6-11-20(13-18)27-22(30)19-9-7-10-19/h6,8,11,13,15,19H,7,9-10,12,14H2,1-5H3,(H,27,30)(H2,24,25,26). The van der Waals surface area contributed by atoms with E-state index in [1.807, 2.05) is 36.0 Å². The van der Waals surface area contributed by atoms with Gasteiger partial charge in [0.1, 0.15) is 0 Å². The molecule has 1 aromatic carbocycles. The van der Waals surface area contributed by atoms with Gasteiger partial charge < -0.3 is 16.0 Å². The monoisotopic (exact) mass is 410 g/mol. The van der Waals surface area contributed by atoms with Crippen LogP contribution in [0.5, 0.6) is 0 Å². The third-order valence-electron chi connectivity index (χ3n) is 5.91. The summed E-state index contributed by atoms with van der Waals surface area (Å²) in [5.74, 6) is 1.08. The molecule has 1 aliphatic carbocycles. The van der Waals surface area contributed by atoms with Gasteiger partial charge in [-0.15, -0.1) is 0 Å². The minimum atomic E-state index is 0.138. The molecule has 1 aromatic heterocycles. The Balaban J connectivity index is 1.52. The smallest absolute Gasteiger partial charge is 0.227 e. The zero-order valence-corrected chi connectivity index (χ0v) is 18.7. The molecule has 3 N–H and O–H groups in total. The molecule has 1 saturated carbocycles. The summed E-state index contributed by atoms with van der Waals surface area (Å²) in [4.78, 5) is 16.5. The van der Waals surface area contributed by atoms with Crippen LogP contribution >= 0.6 is 0 Å². The Morgan fingerprint density at radius 3 is 2.70 bits per heavy atom. The quantitative estimate of drug-likeness (QED) is 0.484. The summed E-state index contributed by atoms with van der Waals surface area (Å²) >= 11 is 0. The lowest BCUT2D eigenvalue weighted by atomic mass is 9.85. The van der Waals surface area contributed by atoms with Crippen LogP contribution in [0.4, 0.5) is 5.69 Å². The summed E-state index contributed by atoms with van der Waals surface area (Å²) < 4.78 is 1.93. The molecule has 0 aliphatic heterocycles. The second-order valence-corrected chi connectivity index (χ2v) is 8.27. The first-order valence-electron chi connectivity index (χ1n) is 10.7. The van der Waals surface area contributed by atoms with Gasteiger partial charge in [0.15, 0.2) is 5.96 Å². The van der Waals surface area contributed by atoms with Gasteiger partial charge in [-0.2, -0.15) is 5.10 Å². The Kier molecular flexibility index (Phi) is 7.13. The highest BCUT2D eigenvalue weighted by Crippen LogP contribution is 2.27. The number of hydrogen-bond acceptors (Lipinski definition) is 3. The number of nitrogens with zero attached hydrogens (tertiary/aromatic N) is 3. The van der Waals surface area contributed by atoms with E-state index in [0.29, 0.717) is 6.54 Å². The molecule has 0 radical (unpaired) electrons. The van der Waals surface area contributed by atoms with Crippen molar-refractivity contribution in [3.63, 3.8) is 0 Å². The number of nitrogens with one attached hydrogen (secondary N) is 3. The lowest BCUT2D eigenvalue weighted by Gasteiger charge is -2.24. The van der Waals surface area contributed by atoms with Crippen molar-refractivity contribution in [2.45, 2.75) is 59.0 Å². The lowest BCUT2D eigenvalue weighted by molar-refractivity contribution is -0.122. The fourth-order valence-electron chi connectivity index (χ4n) is 3.76. The van der Waals surface area contributed by atoms with Crippen molar-refractivity contribution in [3.05, 3.63) is 46.8 Å². The first-order chi connectivity index (χ1) is 14.4. The number of aryl methyl sites for hydroxylation is 2. The predicted molar refractivity (Wildman–Crippen MR) is 122 cm³/mol. The number of carbonyl (C=O) groups is 1. The fourth-order valence-corrected chi connectivity index (χ4v) is 3.76. The van der Waals surface area contributed by atoms with Gasteiger partial charge in [0.05, 0.1) is 5.69 Å². The van der Waals surface area contributed by atoms with Crippen molar-refractivity contribution in [2.75, 3.05) is 12.4 Å². The van der Waals surface area contributed by atoms with Crippen LogP contribution in [0.15, 0.2) is 29.3 Å². The van der Waals surface area contributed by atoms with Gasteiger partial charge in [-0.3, -0.25) is 14.5 Å². The number of carbonyl (C=O) groups excluding carboxylic acids is 1. The molecule has 1 heterocycles. The van der Waals surface area contributed by atoms with Crippen LogP contribution in [-0.2, 0) is 24.8 Å². The SMILES string of the molecule is CN=C(NCc1cccc(NC(=O)C2CCC2)c1)NC(C)Cc1c(C)nn(C)c1C. The van der Waals surface area contributed by atoms with E-state index in [2.05, 4.69) is 46.8 Å². The van der Waals surface area contributed by atoms with E-state index >= 15 is 0 Å². The highest BCUT2D eigenvalue weighted by atomic mass is 16.1. The summed E-state index contributed by atoms with van der Waals surface area (Å²) in [7, 11) is 3.76. The van der Waals surface area contributed by atoms with Crippen molar-refractivity contribution < 1.29 is 4.79 Å². The van der Waals surface area contributed by atoms with Crippen LogP contribution in [-0.4, -0.2) is 34.7 Å². The summed E-state index contributed by atoms with van der Waals surface area (Å²) in [6.45, 7) is 6.94. The third-order valence-corrected chi connectivity index (χ3v) is 5.91. The average molecular weight is 411 g/mol. The number of aliphatic imine (C=N–C) groups is 1. The van der Waals surface area contributed by atoms with Crippen LogP contribution < -0.4 is 16.0 Å². The summed E-state index contributed by atoms with van der Waals surface area (Å²) in [5, 5.41) is 14.4. The van der Waals surface area contributed by atoms with E-state index in [9.17, 15) is 4.79 Å². The van der Waals surface area contributed by atoms with Crippen LogP contribution in [0, 0.1) is 19.8 Å². The molecule has 1 fully saturated rings. The van der Waals surface area contributed by atoms with E-state index in [4.69, 9.17) is 0 Å². The highest BCUT2D eigenvalue weighted by Gasteiger charge is 2.25. The van der Waals surface area contributed by atoms with E-state index < -0.39 is 0 Å². The first-order valence-corrected chi connectivity index (χ1v) is 10.7. The van der Waals surface area contributed by atoms with Crippen molar-refractivity contribution >= 4 is 17.6 Å². The molecule has 0 saturated heterocycles. The van der Waals surface area contributed by atoms with Crippen LogP contribution in [0.25, 0.3) is 0 Å². The van der Waals surface area contributed by atoms with E-state index in [-0.39, 0.29) is 17.9 Å². The van der Waals surface area contributed by atoms with E-state index in [0.717, 1.165) is 48.6 Å². The maximum absolute atomic E-state index is 12.2. The van der Waals surface area contributed by atoms with Gasteiger partial charge in [0.2, 0.25) is 5.91 Å².